The molecule has 0 saturated heterocycles. The van der Waals surface area contributed by atoms with E-state index in [1.165, 1.54) is 10.5 Å². The number of hydrogen-bond donors (Lipinski definition) is 1. The zero-order valence-corrected chi connectivity index (χ0v) is 18.3. The third kappa shape index (κ3) is 4.54. The molecule has 0 radical (unpaired) electrons. The lowest BCUT2D eigenvalue weighted by Crippen LogP contribution is -3.06. The third-order valence-corrected chi connectivity index (χ3v) is 5.57. The summed E-state index contributed by atoms with van der Waals surface area (Å²) in [5.41, 5.74) is 4.13. The van der Waals surface area contributed by atoms with Gasteiger partial charge in [-0.15, -0.1) is 6.08 Å². The molecular formula is C26H22ClN3O2. The van der Waals surface area contributed by atoms with Gasteiger partial charge in [0.15, 0.2) is 0 Å². The second-order valence-electron chi connectivity index (χ2n) is 7.80. The summed E-state index contributed by atoms with van der Waals surface area (Å²) < 4.78 is 11.9. The van der Waals surface area contributed by atoms with Crippen molar-refractivity contribution in [1.82, 2.24) is 10.1 Å². The molecule has 1 N–H and O–H groups in total. The molecule has 4 aromatic rings. The minimum Gasteiger partial charge on any atom is -0.476 e. The average molecular weight is 444 g/mol. The lowest BCUT2D eigenvalue weighted by molar-refractivity contribution is -0.840. The minimum atomic E-state index is -0.575. The molecule has 2 unspecified atom stereocenters. The van der Waals surface area contributed by atoms with E-state index >= 15 is 0 Å². The first-order valence-electron chi connectivity index (χ1n) is 10.4. The van der Waals surface area contributed by atoms with Crippen LogP contribution in [0.4, 0.5) is 0 Å². The molecule has 5 rings (SSSR count). The van der Waals surface area contributed by atoms with Crippen molar-refractivity contribution in [3.8, 4) is 17.1 Å². The van der Waals surface area contributed by atoms with E-state index in [0.717, 1.165) is 23.2 Å². The molecule has 0 saturated carbocycles. The lowest BCUT2D eigenvalue weighted by atomic mass is 10.1. The highest BCUT2D eigenvalue weighted by Crippen LogP contribution is 2.30. The number of halogens is 1. The van der Waals surface area contributed by atoms with Crippen LogP contribution >= 0.6 is 11.6 Å². The van der Waals surface area contributed by atoms with Crippen LogP contribution in [0.5, 0.6) is 5.75 Å². The van der Waals surface area contributed by atoms with Gasteiger partial charge in [0.05, 0.1) is 6.54 Å². The molecule has 32 heavy (non-hydrogen) atoms. The molecule has 0 aliphatic carbocycles. The van der Waals surface area contributed by atoms with E-state index in [9.17, 15) is 0 Å². The molecule has 1 aliphatic heterocycles. The number of aryl methyl sites for hydroxylation is 1. The molecule has 2 atom stereocenters. The average Bonchev–Trinajstić information content (AvgIpc) is 3.26. The molecule has 160 valence electrons. The monoisotopic (exact) mass is 443 g/mol. The van der Waals surface area contributed by atoms with E-state index in [2.05, 4.69) is 41.1 Å². The maximum absolute atomic E-state index is 6.26. The Morgan fingerprint density at radius 1 is 1.06 bits per heavy atom. The molecule has 0 bridgehead atoms. The van der Waals surface area contributed by atoms with Gasteiger partial charge in [0, 0.05) is 21.7 Å². The SMILES string of the molecule is Cc1ccc(OC(c2cccc(Cl)c2)c2nc(-c3ccc(C[NH+]4C=C[CH-]4)cc3)no2)cc1. The quantitative estimate of drug-likeness (QED) is 0.411. The largest absolute Gasteiger partial charge is 0.476 e. The predicted molar refractivity (Wildman–Crippen MR) is 123 cm³/mol. The smallest absolute Gasteiger partial charge is 0.272 e. The molecule has 1 aromatic heterocycles. The van der Waals surface area contributed by atoms with E-state index in [1.807, 2.05) is 67.6 Å². The summed E-state index contributed by atoms with van der Waals surface area (Å²) in [6.45, 7) is 5.09. The minimum absolute atomic E-state index is 0.372. The van der Waals surface area contributed by atoms with E-state index in [4.69, 9.17) is 20.9 Å². The standard InChI is InChI=1S/C26H22ClN3O2/c1-18-6-12-23(13-7-18)31-24(21-4-2-5-22(27)16-21)26-28-25(29-32-26)20-10-8-19(9-11-20)17-30-14-3-15-30/h2-16,24,30H,17H2,1H3. The van der Waals surface area contributed by atoms with Gasteiger partial charge in [-0.25, -0.2) is 0 Å². The Morgan fingerprint density at radius 3 is 2.53 bits per heavy atom. The summed E-state index contributed by atoms with van der Waals surface area (Å²) in [4.78, 5) is 5.98. The Morgan fingerprint density at radius 2 is 1.84 bits per heavy atom. The van der Waals surface area contributed by atoms with Crippen molar-refractivity contribution in [2.24, 2.45) is 0 Å². The summed E-state index contributed by atoms with van der Waals surface area (Å²) in [6.07, 6.45) is 3.61. The van der Waals surface area contributed by atoms with Crippen molar-refractivity contribution in [2.45, 2.75) is 19.6 Å². The van der Waals surface area contributed by atoms with Gasteiger partial charge < -0.3 is 14.2 Å². The first-order valence-corrected chi connectivity index (χ1v) is 10.8. The molecular weight excluding hydrogens is 422 g/mol. The van der Waals surface area contributed by atoms with Crippen LogP contribution < -0.4 is 9.64 Å². The summed E-state index contributed by atoms with van der Waals surface area (Å²) in [7, 11) is 0. The van der Waals surface area contributed by atoms with E-state index in [1.54, 1.807) is 0 Å². The van der Waals surface area contributed by atoms with Crippen LogP contribution in [-0.2, 0) is 6.54 Å². The van der Waals surface area contributed by atoms with Crippen molar-refractivity contribution in [3.05, 3.63) is 119 Å². The highest BCUT2D eigenvalue weighted by Gasteiger charge is 2.24. The van der Waals surface area contributed by atoms with E-state index < -0.39 is 6.10 Å². The Balaban J connectivity index is 1.41. The van der Waals surface area contributed by atoms with Crippen LogP contribution in [0.1, 0.15) is 28.7 Å². The fraction of sp³-hybridized carbons (Fsp3) is 0.115. The van der Waals surface area contributed by atoms with Crippen LogP contribution in [0.25, 0.3) is 11.4 Å². The Hall–Kier alpha value is -3.54. The van der Waals surface area contributed by atoms with E-state index in [0.29, 0.717) is 22.5 Å². The van der Waals surface area contributed by atoms with Gasteiger partial charge in [-0.3, -0.25) is 0 Å². The molecule has 0 fully saturated rings. The highest BCUT2D eigenvalue weighted by molar-refractivity contribution is 6.30. The fourth-order valence-electron chi connectivity index (χ4n) is 3.50. The first kappa shape index (κ1) is 20.4. The molecule has 0 spiro atoms. The van der Waals surface area contributed by atoms with Gasteiger partial charge in [-0.1, -0.05) is 83.6 Å². The number of benzene rings is 3. The van der Waals surface area contributed by atoms with Gasteiger partial charge in [-0.05, 0) is 31.2 Å². The van der Waals surface area contributed by atoms with Crippen LogP contribution in [0.3, 0.4) is 0 Å². The van der Waals surface area contributed by atoms with Gasteiger partial charge >= 0.3 is 0 Å². The number of quaternary nitrogens is 1. The van der Waals surface area contributed by atoms with Crippen molar-refractivity contribution < 1.29 is 14.2 Å². The molecule has 0 amide bonds. The van der Waals surface area contributed by atoms with Gasteiger partial charge in [0.1, 0.15) is 5.75 Å². The number of hydrogen-bond acceptors (Lipinski definition) is 4. The topological polar surface area (TPSA) is 52.6 Å². The lowest BCUT2D eigenvalue weighted by Gasteiger charge is -2.29. The van der Waals surface area contributed by atoms with Gasteiger partial charge in [-0.2, -0.15) is 4.98 Å². The Labute approximate surface area is 191 Å². The van der Waals surface area contributed by atoms with Crippen molar-refractivity contribution in [3.63, 3.8) is 0 Å². The molecule has 5 nitrogen and oxygen atoms in total. The van der Waals surface area contributed by atoms with Gasteiger partial charge in [0.2, 0.25) is 11.9 Å². The summed E-state index contributed by atoms with van der Waals surface area (Å²) in [6, 6.07) is 23.6. The second-order valence-corrected chi connectivity index (χ2v) is 8.23. The fourth-order valence-corrected chi connectivity index (χ4v) is 3.70. The molecule has 3 aromatic carbocycles. The Bertz CT molecular complexity index is 1230. The van der Waals surface area contributed by atoms with Crippen LogP contribution in [0.2, 0.25) is 5.02 Å². The predicted octanol–water partition coefficient (Wildman–Crippen LogP) is 4.94. The third-order valence-electron chi connectivity index (χ3n) is 5.33. The van der Waals surface area contributed by atoms with Crippen LogP contribution in [0.15, 0.2) is 89.6 Å². The van der Waals surface area contributed by atoms with Crippen molar-refractivity contribution >= 4 is 11.6 Å². The number of aromatic nitrogens is 2. The second kappa shape index (κ2) is 8.91. The van der Waals surface area contributed by atoms with Crippen LogP contribution in [0, 0.1) is 13.5 Å². The zero-order chi connectivity index (χ0) is 21.9. The Kier molecular flexibility index (Phi) is 5.67. The van der Waals surface area contributed by atoms with E-state index in [-0.39, 0.29) is 0 Å². The van der Waals surface area contributed by atoms with Crippen molar-refractivity contribution in [2.75, 3.05) is 0 Å². The molecule has 1 aliphatic rings. The summed E-state index contributed by atoms with van der Waals surface area (Å²) >= 11 is 6.24. The number of nitrogens with one attached hydrogen (secondary N) is 1. The summed E-state index contributed by atoms with van der Waals surface area (Å²) in [5.74, 6) is 1.61. The van der Waals surface area contributed by atoms with Crippen LogP contribution in [-0.4, -0.2) is 10.1 Å². The zero-order valence-electron chi connectivity index (χ0n) is 17.5. The highest BCUT2D eigenvalue weighted by atomic mass is 35.5. The molecule has 2 heterocycles. The summed E-state index contributed by atoms with van der Waals surface area (Å²) in [5, 5.41) is 4.82. The molecule has 6 heteroatoms. The number of nitrogens with zero attached hydrogens (tertiary/aromatic N) is 2. The van der Waals surface area contributed by atoms with Gasteiger partial charge in [0.25, 0.3) is 5.89 Å². The number of ether oxygens (including phenoxy) is 1. The van der Waals surface area contributed by atoms with Crippen molar-refractivity contribution in [1.29, 1.82) is 0 Å². The number of rotatable bonds is 7. The first-order chi connectivity index (χ1) is 15.6. The maximum atomic E-state index is 6.26. The normalized spacial score (nSPS) is 15.6. The maximum Gasteiger partial charge on any atom is 0.272 e.